The molecule has 138 valence electrons. The summed E-state index contributed by atoms with van der Waals surface area (Å²) in [6, 6.07) is 19.4. The Kier molecular flexibility index (Phi) is 4.72. The van der Waals surface area contributed by atoms with E-state index in [9.17, 15) is 9.50 Å². The summed E-state index contributed by atoms with van der Waals surface area (Å²) in [5.41, 5.74) is 2.88. The number of nitrogens with zero attached hydrogens (tertiary/aromatic N) is 2. The van der Waals surface area contributed by atoms with Gasteiger partial charge in [-0.3, -0.25) is 0 Å². The molecule has 0 bridgehead atoms. The molecule has 3 aromatic carbocycles. The first-order chi connectivity index (χ1) is 13.7. The Morgan fingerprint density at radius 2 is 1.64 bits per heavy atom. The Labute approximate surface area is 162 Å². The summed E-state index contributed by atoms with van der Waals surface area (Å²) >= 11 is 0. The fourth-order valence-corrected chi connectivity index (χ4v) is 3.09. The molecular weight excluding hydrogens is 353 g/mol. The fourth-order valence-electron chi connectivity index (χ4n) is 3.09. The van der Waals surface area contributed by atoms with E-state index < -0.39 is 0 Å². The lowest BCUT2D eigenvalue weighted by molar-refractivity contribution is 0.474. The number of benzene rings is 3. The number of hydrogen-bond acceptors (Lipinski definition) is 4. The van der Waals surface area contributed by atoms with Crippen molar-refractivity contribution in [3.63, 3.8) is 0 Å². The van der Waals surface area contributed by atoms with Gasteiger partial charge in [0.05, 0.1) is 11.4 Å². The standard InChI is InChI=1S/C23H18FN3O/c1-25-23-26-16(11-10-15-6-2-5-9-22(15)28)14-21(27-23)19-12-13-20(24)18-8-4-3-7-17(18)19/h2-14,28H,1H3,(H,25,26,27). The van der Waals surface area contributed by atoms with Gasteiger partial charge < -0.3 is 10.4 Å². The number of phenols is 1. The van der Waals surface area contributed by atoms with Crippen molar-refractivity contribution in [1.82, 2.24) is 9.97 Å². The lowest BCUT2D eigenvalue weighted by Crippen LogP contribution is -2.00. The number of nitrogens with one attached hydrogen (secondary N) is 1. The highest BCUT2D eigenvalue weighted by atomic mass is 19.1. The molecule has 5 heteroatoms. The third-order valence-electron chi connectivity index (χ3n) is 4.49. The molecular formula is C23H18FN3O. The van der Waals surface area contributed by atoms with Crippen LogP contribution in [0.3, 0.4) is 0 Å². The summed E-state index contributed by atoms with van der Waals surface area (Å²) < 4.78 is 14.2. The van der Waals surface area contributed by atoms with Gasteiger partial charge in [0.25, 0.3) is 0 Å². The molecule has 0 saturated heterocycles. The van der Waals surface area contributed by atoms with Crippen LogP contribution in [0, 0.1) is 5.82 Å². The number of rotatable bonds is 4. The Bertz CT molecular complexity index is 1190. The van der Waals surface area contributed by atoms with E-state index >= 15 is 0 Å². The Hall–Kier alpha value is -3.73. The van der Waals surface area contributed by atoms with Gasteiger partial charge in [0.15, 0.2) is 0 Å². The highest BCUT2D eigenvalue weighted by Crippen LogP contribution is 2.30. The number of halogens is 1. The van der Waals surface area contributed by atoms with Gasteiger partial charge in [0.1, 0.15) is 11.6 Å². The molecule has 4 nitrogen and oxygen atoms in total. The number of hydrogen-bond donors (Lipinski definition) is 2. The molecule has 2 N–H and O–H groups in total. The van der Waals surface area contributed by atoms with E-state index in [1.54, 1.807) is 37.4 Å². The maximum atomic E-state index is 14.2. The number of aromatic hydroxyl groups is 1. The first-order valence-electron chi connectivity index (χ1n) is 8.86. The summed E-state index contributed by atoms with van der Waals surface area (Å²) in [4.78, 5) is 9.00. The van der Waals surface area contributed by atoms with Gasteiger partial charge in [-0.2, -0.15) is 0 Å². The van der Waals surface area contributed by atoms with Crippen LogP contribution in [0.15, 0.2) is 66.7 Å². The smallest absolute Gasteiger partial charge is 0.223 e. The molecule has 1 aromatic heterocycles. The summed E-state index contributed by atoms with van der Waals surface area (Å²) in [6.07, 6.45) is 3.61. The SMILES string of the molecule is CNc1nc(C=Cc2ccccc2O)cc(-c2ccc(F)c3ccccc23)n1. The van der Waals surface area contributed by atoms with Crippen LogP contribution in [0.4, 0.5) is 10.3 Å². The second kappa shape index (κ2) is 7.48. The highest BCUT2D eigenvalue weighted by molar-refractivity contribution is 5.96. The van der Waals surface area contributed by atoms with Crippen LogP contribution >= 0.6 is 0 Å². The number of anilines is 1. The molecule has 1 heterocycles. The maximum Gasteiger partial charge on any atom is 0.223 e. The third kappa shape index (κ3) is 3.42. The largest absolute Gasteiger partial charge is 0.507 e. The monoisotopic (exact) mass is 371 g/mol. The van der Waals surface area contributed by atoms with Crippen LogP contribution in [0.5, 0.6) is 5.75 Å². The topological polar surface area (TPSA) is 58.0 Å². The molecule has 0 spiro atoms. The van der Waals surface area contributed by atoms with Crippen molar-refractivity contribution in [2.75, 3.05) is 12.4 Å². The molecule has 0 aliphatic carbocycles. The number of phenolic OH excluding ortho intramolecular Hbond substituents is 1. The van der Waals surface area contributed by atoms with Crippen molar-refractivity contribution in [3.05, 3.63) is 83.8 Å². The molecule has 4 rings (SSSR count). The van der Waals surface area contributed by atoms with Crippen molar-refractivity contribution in [1.29, 1.82) is 0 Å². The Balaban J connectivity index is 1.83. The summed E-state index contributed by atoms with van der Waals surface area (Å²) in [5.74, 6) is 0.399. The molecule has 0 fully saturated rings. The minimum absolute atomic E-state index is 0.200. The normalized spacial score (nSPS) is 11.2. The van der Waals surface area contributed by atoms with Crippen LogP contribution in [0.1, 0.15) is 11.3 Å². The van der Waals surface area contributed by atoms with Crippen molar-refractivity contribution in [2.24, 2.45) is 0 Å². The van der Waals surface area contributed by atoms with Crippen LogP contribution in [-0.4, -0.2) is 22.1 Å². The van der Waals surface area contributed by atoms with Crippen molar-refractivity contribution < 1.29 is 9.50 Å². The zero-order valence-corrected chi connectivity index (χ0v) is 15.2. The van der Waals surface area contributed by atoms with E-state index in [1.807, 2.05) is 42.5 Å². The molecule has 0 aliphatic rings. The van der Waals surface area contributed by atoms with E-state index in [0.29, 0.717) is 28.3 Å². The maximum absolute atomic E-state index is 14.2. The van der Waals surface area contributed by atoms with Gasteiger partial charge in [-0.15, -0.1) is 0 Å². The van der Waals surface area contributed by atoms with Gasteiger partial charge >= 0.3 is 0 Å². The lowest BCUT2D eigenvalue weighted by Gasteiger charge is -2.09. The number of para-hydroxylation sites is 1. The van der Waals surface area contributed by atoms with E-state index in [1.165, 1.54) is 6.07 Å². The van der Waals surface area contributed by atoms with Crippen LogP contribution < -0.4 is 5.32 Å². The molecule has 0 aliphatic heterocycles. The van der Waals surface area contributed by atoms with E-state index in [4.69, 9.17) is 0 Å². The molecule has 0 atom stereocenters. The number of fused-ring (bicyclic) bond motifs is 1. The summed E-state index contributed by atoms with van der Waals surface area (Å²) in [6.45, 7) is 0. The highest BCUT2D eigenvalue weighted by Gasteiger charge is 2.11. The van der Waals surface area contributed by atoms with E-state index in [-0.39, 0.29) is 11.6 Å². The van der Waals surface area contributed by atoms with Crippen LogP contribution in [0.25, 0.3) is 34.2 Å². The third-order valence-corrected chi connectivity index (χ3v) is 4.49. The molecule has 28 heavy (non-hydrogen) atoms. The predicted octanol–water partition coefficient (Wildman–Crippen LogP) is 5.35. The van der Waals surface area contributed by atoms with E-state index in [2.05, 4.69) is 15.3 Å². The molecule has 0 radical (unpaired) electrons. The zero-order valence-electron chi connectivity index (χ0n) is 15.2. The minimum atomic E-state index is -0.262. The molecule has 0 saturated carbocycles. The van der Waals surface area contributed by atoms with Gasteiger partial charge in [0, 0.05) is 23.6 Å². The average molecular weight is 371 g/mol. The van der Waals surface area contributed by atoms with Crippen molar-refractivity contribution in [2.45, 2.75) is 0 Å². The fraction of sp³-hybridized carbons (Fsp3) is 0.0435. The zero-order chi connectivity index (χ0) is 19.5. The predicted molar refractivity (Wildman–Crippen MR) is 112 cm³/mol. The minimum Gasteiger partial charge on any atom is -0.507 e. The lowest BCUT2D eigenvalue weighted by atomic mass is 10.0. The van der Waals surface area contributed by atoms with Crippen molar-refractivity contribution in [3.8, 4) is 17.0 Å². The molecule has 0 unspecified atom stereocenters. The first-order valence-corrected chi connectivity index (χ1v) is 8.86. The summed E-state index contributed by atoms with van der Waals surface area (Å²) in [7, 11) is 1.75. The summed E-state index contributed by atoms with van der Waals surface area (Å²) in [5, 5.41) is 14.2. The van der Waals surface area contributed by atoms with Gasteiger partial charge in [0.2, 0.25) is 5.95 Å². The molecule has 0 amide bonds. The van der Waals surface area contributed by atoms with Crippen molar-refractivity contribution >= 4 is 28.9 Å². The first kappa shape index (κ1) is 17.7. The quantitative estimate of drug-likeness (QED) is 0.507. The van der Waals surface area contributed by atoms with Crippen LogP contribution in [0.2, 0.25) is 0 Å². The van der Waals surface area contributed by atoms with Gasteiger partial charge in [-0.25, -0.2) is 14.4 Å². The second-order valence-electron chi connectivity index (χ2n) is 6.28. The second-order valence-corrected chi connectivity index (χ2v) is 6.28. The van der Waals surface area contributed by atoms with Crippen LogP contribution in [-0.2, 0) is 0 Å². The number of aromatic nitrogens is 2. The molecule has 4 aromatic rings. The average Bonchev–Trinajstić information content (AvgIpc) is 2.73. The Morgan fingerprint density at radius 3 is 2.43 bits per heavy atom. The Morgan fingerprint density at radius 1 is 0.893 bits per heavy atom. The van der Waals surface area contributed by atoms with E-state index in [0.717, 1.165) is 10.9 Å². The van der Waals surface area contributed by atoms with Gasteiger partial charge in [-0.05, 0) is 41.8 Å². The van der Waals surface area contributed by atoms with Gasteiger partial charge in [-0.1, -0.05) is 42.5 Å².